The van der Waals surface area contributed by atoms with Crippen LogP contribution in [0, 0.1) is 17.0 Å². The molecule has 110 valence electrons. The number of nitro groups is 1. The van der Waals surface area contributed by atoms with Crippen LogP contribution in [0.25, 0.3) is 0 Å². The monoisotopic (exact) mass is 327 g/mol. The van der Waals surface area contributed by atoms with Crippen LogP contribution in [0.4, 0.5) is 11.4 Å². The van der Waals surface area contributed by atoms with Gasteiger partial charge in [0.1, 0.15) is 10.8 Å². The maximum atomic E-state index is 11.8. The number of aromatic amines is 1. The van der Waals surface area contributed by atoms with E-state index in [4.69, 9.17) is 11.6 Å². The van der Waals surface area contributed by atoms with E-state index in [0.717, 1.165) is 11.8 Å². The zero-order valence-corrected chi connectivity index (χ0v) is 12.4. The molecule has 0 radical (unpaired) electrons. The third kappa shape index (κ3) is 4.17. The van der Waals surface area contributed by atoms with Gasteiger partial charge in [-0.25, -0.2) is 4.98 Å². The van der Waals surface area contributed by atoms with Crippen molar-refractivity contribution in [2.24, 2.45) is 0 Å². The quantitative estimate of drug-likeness (QED) is 0.495. The molecule has 0 unspecified atom stereocenters. The number of carbonyl (C=O) groups excluding carboxylic acids is 1. The SMILES string of the molecule is Cc1nc(SCC(=O)Nc2ccc(Cl)c([N+](=O)[O-])c2)n[nH]1. The van der Waals surface area contributed by atoms with Crippen LogP contribution in [0.2, 0.25) is 5.02 Å². The minimum Gasteiger partial charge on any atom is -0.325 e. The van der Waals surface area contributed by atoms with Gasteiger partial charge in [-0.3, -0.25) is 20.0 Å². The molecule has 0 spiro atoms. The van der Waals surface area contributed by atoms with Gasteiger partial charge in [0.25, 0.3) is 5.69 Å². The standard InChI is InChI=1S/C11H10ClN5O3S/c1-6-13-11(16-15-6)21-5-10(18)14-7-2-3-8(12)9(4-7)17(19)20/h2-4H,5H2,1H3,(H,14,18)(H,13,15,16). The second-order valence-electron chi connectivity index (χ2n) is 3.96. The number of halogens is 1. The predicted octanol–water partition coefficient (Wildman–Crippen LogP) is 2.41. The van der Waals surface area contributed by atoms with Crippen LogP contribution in [0.5, 0.6) is 0 Å². The second kappa shape index (κ2) is 6.55. The number of hydrogen-bond acceptors (Lipinski definition) is 6. The summed E-state index contributed by atoms with van der Waals surface area (Å²) < 4.78 is 0. The van der Waals surface area contributed by atoms with Crippen molar-refractivity contribution in [1.82, 2.24) is 15.2 Å². The highest BCUT2D eigenvalue weighted by molar-refractivity contribution is 7.99. The van der Waals surface area contributed by atoms with Crippen LogP contribution in [0.15, 0.2) is 23.4 Å². The van der Waals surface area contributed by atoms with Gasteiger partial charge in [-0.2, -0.15) is 0 Å². The Morgan fingerprint density at radius 2 is 2.33 bits per heavy atom. The van der Waals surface area contributed by atoms with Crippen molar-refractivity contribution >= 4 is 40.6 Å². The molecule has 10 heteroatoms. The van der Waals surface area contributed by atoms with Gasteiger partial charge in [0.2, 0.25) is 11.1 Å². The molecule has 1 aromatic heterocycles. The zero-order chi connectivity index (χ0) is 15.4. The molecule has 0 aliphatic rings. The average molecular weight is 328 g/mol. The number of thioether (sulfide) groups is 1. The summed E-state index contributed by atoms with van der Waals surface area (Å²) in [5.74, 6) is 0.429. The molecular formula is C11H10ClN5O3S. The highest BCUT2D eigenvalue weighted by Crippen LogP contribution is 2.27. The lowest BCUT2D eigenvalue weighted by Crippen LogP contribution is -2.14. The molecule has 1 amide bonds. The van der Waals surface area contributed by atoms with Crippen LogP contribution in [0.3, 0.4) is 0 Å². The van der Waals surface area contributed by atoms with Crippen molar-refractivity contribution in [3.05, 3.63) is 39.2 Å². The van der Waals surface area contributed by atoms with E-state index in [-0.39, 0.29) is 22.4 Å². The molecule has 8 nitrogen and oxygen atoms in total. The molecule has 21 heavy (non-hydrogen) atoms. The number of anilines is 1. The van der Waals surface area contributed by atoms with E-state index < -0.39 is 4.92 Å². The zero-order valence-electron chi connectivity index (χ0n) is 10.8. The molecule has 0 fully saturated rings. The number of amides is 1. The third-order valence-electron chi connectivity index (χ3n) is 2.34. The molecule has 2 aromatic rings. The van der Waals surface area contributed by atoms with E-state index >= 15 is 0 Å². The van der Waals surface area contributed by atoms with Crippen molar-refractivity contribution < 1.29 is 9.72 Å². The fourth-order valence-electron chi connectivity index (χ4n) is 1.44. The summed E-state index contributed by atoms with van der Waals surface area (Å²) in [6.45, 7) is 1.75. The molecule has 0 aliphatic heterocycles. The fraction of sp³-hybridized carbons (Fsp3) is 0.182. The Kier molecular flexibility index (Phi) is 4.76. The molecule has 2 N–H and O–H groups in total. The van der Waals surface area contributed by atoms with Crippen molar-refractivity contribution in [2.45, 2.75) is 12.1 Å². The number of rotatable bonds is 5. The Hall–Kier alpha value is -2.13. The summed E-state index contributed by atoms with van der Waals surface area (Å²) >= 11 is 6.85. The number of nitro benzene ring substituents is 1. The lowest BCUT2D eigenvalue weighted by molar-refractivity contribution is -0.384. The minimum absolute atomic E-state index is 0.0172. The molecular weight excluding hydrogens is 318 g/mol. The van der Waals surface area contributed by atoms with Gasteiger partial charge < -0.3 is 5.32 Å². The molecule has 1 aromatic carbocycles. The Bertz CT molecular complexity index is 690. The summed E-state index contributed by atoms with van der Waals surface area (Å²) in [5.41, 5.74) is 0.0505. The highest BCUT2D eigenvalue weighted by atomic mass is 35.5. The second-order valence-corrected chi connectivity index (χ2v) is 5.31. The van der Waals surface area contributed by atoms with Gasteiger partial charge in [0, 0.05) is 11.8 Å². The van der Waals surface area contributed by atoms with Crippen molar-refractivity contribution in [2.75, 3.05) is 11.1 Å². The molecule has 0 atom stereocenters. The largest absolute Gasteiger partial charge is 0.325 e. The van der Waals surface area contributed by atoms with Gasteiger partial charge in [-0.05, 0) is 19.1 Å². The molecule has 0 saturated carbocycles. The number of H-pyrrole nitrogens is 1. The average Bonchev–Trinajstić information content (AvgIpc) is 2.84. The van der Waals surface area contributed by atoms with Gasteiger partial charge in [-0.1, -0.05) is 23.4 Å². The Morgan fingerprint density at radius 1 is 1.57 bits per heavy atom. The normalized spacial score (nSPS) is 10.4. The van der Waals surface area contributed by atoms with Crippen LogP contribution in [-0.4, -0.2) is 31.8 Å². The number of aryl methyl sites for hydroxylation is 1. The molecule has 1 heterocycles. The molecule has 0 bridgehead atoms. The van der Waals surface area contributed by atoms with Gasteiger partial charge in [-0.15, -0.1) is 5.10 Å². The summed E-state index contributed by atoms with van der Waals surface area (Å²) in [7, 11) is 0. The van der Waals surface area contributed by atoms with E-state index in [1.807, 2.05) is 0 Å². The molecule has 0 aliphatic carbocycles. The first-order valence-corrected chi connectivity index (χ1v) is 7.07. The lowest BCUT2D eigenvalue weighted by Gasteiger charge is -2.04. The van der Waals surface area contributed by atoms with Crippen molar-refractivity contribution in [3.63, 3.8) is 0 Å². The Balaban J connectivity index is 1.96. The van der Waals surface area contributed by atoms with E-state index in [1.165, 1.54) is 18.2 Å². The Morgan fingerprint density at radius 3 is 2.95 bits per heavy atom. The van der Waals surface area contributed by atoms with Gasteiger partial charge >= 0.3 is 0 Å². The van der Waals surface area contributed by atoms with Gasteiger partial charge in [0.15, 0.2) is 0 Å². The number of aromatic nitrogens is 3. The van der Waals surface area contributed by atoms with Crippen LogP contribution in [0.1, 0.15) is 5.82 Å². The first-order valence-electron chi connectivity index (χ1n) is 5.71. The summed E-state index contributed by atoms with van der Waals surface area (Å²) in [4.78, 5) is 26.0. The fourth-order valence-corrected chi connectivity index (χ4v) is 2.27. The number of carbonyl (C=O) groups is 1. The molecule has 2 rings (SSSR count). The highest BCUT2D eigenvalue weighted by Gasteiger charge is 2.14. The van der Waals surface area contributed by atoms with E-state index in [0.29, 0.717) is 16.7 Å². The van der Waals surface area contributed by atoms with Crippen LogP contribution in [-0.2, 0) is 4.79 Å². The van der Waals surface area contributed by atoms with Crippen molar-refractivity contribution in [3.8, 4) is 0 Å². The Labute approximate surface area is 128 Å². The smallest absolute Gasteiger partial charge is 0.289 e. The van der Waals surface area contributed by atoms with E-state index in [1.54, 1.807) is 6.92 Å². The van der Waals surface area contributed by atoms with E-state index in [2.05, 4.69) is 20.5 Å². The first kappa shape index (κ1) is 15.3. The lowest BCUT2D eigenvalue weighted by atomic mass is 10.3. The topological polar surface area (TPSA) is 114 Å². The minimum atomic E-state index is -0.608. The summed E-state index contributed by atoms with van der Waals surface area (Å²) in [5, 5.41) is 20.3. The first-order chi connectivity index (χ1) is 9.95. The number of benzene rings is 1. The van der Waals surface area contributed by atoms with Gasteiger partial charge in [0.05, 0.1) is 10.7 Å². The maximum Gasteiger partial charge on any atom is 0.289 e. The maximum absolute atomic E-state index is 11.8. The molecule has 0 saturated heterocycles. The predicted molar refractivity (Wildman–Crippen MR) is 78.6 cm³/mol. The number of nitrogens with zero attached hydrogens (tertiary/aromatic N) is 3. The summed E-state index contributed by atoms with van der Waals surface area (Å²) in [6.07, 6.45) is 0. The van der Waals surface area contributed by atoms with Crippen LogP contribution >= 0.6 is 23.4 Å². The van der Waals surface area contributed by atoms with E-state index in [9.17, 15) is 14.9 Å². The number of nitrogens with one attached hydrogen (secondary N) is 2. The van der Waals surface area contributed by atoms with Crippen LogP contribution < -0.4 is 5.32 Å². The number of hydrogen-bond donors (Lipinski definition) is 2. The summed E-state index contributed by atoms with van der Waals surface area (Å²) in [6, 6.07) is 4.07. The third-order valence-corrected chi connectivity index (χ3v) is 3.50. The van der Waals surface area contributed by atoms with Crippen molar-refractivity contribution in [1.29, 1.82) is 0 Å².